The summed E-state index contributed by atoms with van der Waals surface area (Å²) in [6, 6.07) is 7.02. The van der Waals surface area contributed by atoms with Crippen molar-refractivity contribution in [1.29, 1.82) is 0 Å². The number of rotatable bonds is 6. The average molecular weight is 282 g/mol. The van der Waals surface area contributed by atoms with Crippen molar-refractivity contribution in [1.82, 2.24) is 0 Å². The molecule has 0 heterocycles. The zero-order valence-electron chi connectivity index (χ0n) is 11.4. The highest BCUT2D eigenvalue weighted by Gasteiger charge is 2.35. The highest BCUT2D eigenvalue weighted by molar-refractivity contribution is 7.91. The standard InChI is InChI=1S/C14H22N2O2S/c1-2-10-19(17,18)13-6-4-12(5-7-13)16-14(11-15)8-3-9-14/h4-7,16H,2-3,8-11,15H2,1H3. The van der Waals surface area contributed by atoms with Crippen LogP contribution >= 0.6 is 0 Å². The van der Waals surface area contributed by atoms with Crippen LogP contribution in [0.25, 0.3) is 0 Å². The minimum Gasteiger partial charge on any atom is -0.378 e. The first-order chi connectivity index (χ1) is 9.01. The summed E-state index contributed by atoms with van der Waals surface area (Å²) < 4.78 is 23.8. The molecule has 0 bridgehead atoms. The molecule has 0 spiro atoms. The second-order valence-corrected chi connectivity index (χ2v) is 7.42. The lowest BCUT2D eigenvalue weighted by Crippen LogP contribution is -2.51. The summed E-state index contributed by atoms with van der Waals surface area (Å²) in [6.07, 6.45) is 4.00. The molecule has 19 heavy (non-hydrogen) atoms. The Morgan fingerprint density at radius 3 is 2.32 bits per heavy atom. The fourth-order valence-corrected chi connectivity index (χ4v) is 3.75. The minimum atomic E-state index is -3.12. The lowest BCUT2D eigenvalue weighted by Gasteiger charge is -2.42. The maximum absolute atomic E-state index is 11.9. The molecule has 1 aliphatic carbocycles. The van der Waals surface area contributed by atoms with Gasteiger partial charge in [0.1, 0.15) is 0 Å². The summed E-state index contributed by atoms with van der Waals surface area (Å²) in [6.45, 7) is 2.48. The van der Waals surface area contributed by atoms with E-state index in [1.807, 2.05) is 19.1 Å². The minimum absolute atomic E-state index is 0.0177. The van der Waals surface area contributed by atoms with Crippen molar-refractivity contribution >= 4 is 15.5 Å². The fraction of sp³-hybridized carbons (Fsp3) is 0.571. The Morgan fingerprint density at radius 1 is 1.26 bits per heavy atom. The summed E-state index contributed by atoms with van der Waals surface area (Å²) in [4.78, 5) is 0.398. The topological polar surface area (TPSA) is 72.2 Å². The molecule has 3 N–H and O–H groups in total. The van der Waals surface area contributed by atoms with Gasteiger partial charge in [0.05, 0.1) is 10.6 Å². The van der Waals surface area contributed by atoms with E-state index in [0.717, 1.165) is 18.5 Å². The van der Waals surface area contributed by atoms with Crippen LogP contribution in [0.1, 0.15) is 32.6 Å². The van der Waals surface area contributed by atoms with Gasteiger partial charge in [-0.1, -0.05) is 6.92 Å². The molecule has 0 aliphatic heterocycles. The van der Waals surface area contributed by atoms with Crippen LogP contribution in [-0.2, 0) is 9.84 Å². The van der Waals surface area contributed by atoms with Crippen molar-refractivity contribution in [2.75, 3.05) is 17.6 Å². The number of benzene rings is 1. The molecular formula is C14H22N2O2S. The van der Waals surface area contributed by atoms with Crippen molar-refractivity contribution in [3.63, 3.8) is 0 Å². The zero-order chi connectivity index (χ0) is 13.9. The molecule has 2 rings (SSSR count). The second-order valence-electron chi connectivity index (χ2n) is 5.31. The summed E-state index contributed by atoms with van der Waals surface area (Å²) in [5.74, 6) is 0.201. The smallest absolute Gasteiger partial charge is 0.178 e. The van der Waals surface area contributed by atoms with Crippen molar-refractivity contribution in [2.45, 2.75) is 43.0 Å². The highest BCUT2D eigenvalue weighted by atomic mass is 32.2. The Balaban J connectivity index is 2.11. The van der Waals surface area contributed by atoms with Crippen LogP contribution in [0.2, 0.25) is 0 Å². The number of anilines is 1. The third-order valence-corrected chi connectivity index (χ3v) is 5.73. The summed E-state index contributed by atoms with van der Waals surface area (Å²) in [5, 5.41) is 3.43. The van der Waals surface area contributed by atoms with E-state index in [4.69, 9.17) is 5.73 Å². The largest absolute Gasteiger partial charge is 0.378 e. The lowest BCUT2D eigenvalue weighted by atomic mass is 9.76. The fourth-order valence-electron chi connectivity index (χ4n) is 2.42. The van der Waals surface area contributed by atoms with Crippen LogP contribution in [0.3, 0.4) is 0 Å². The Bertz CT molecular complexity index is 513. The van der Waals surface area contributed by atoms with E-state index in [0.29, 0.717) is 17.9 Å². The highest BCUT2D eigenvalue weighted by Crippen LogP contribution is 2.34. The Hall–Kier alpha value is -1.07. The molecule has 1 saturated carbocycles. The normalized spacial score (nSPS) is 17.8. The van der Waals surface area contributed by atoms with E-state index in [9.17, 15) is 8.42 Å². The summed E-state index contributed by atoms with van der Waals surface area (Å²) in [7, 11) is -3.12. The van der Waals surface area contributed by atoms with E-state index in [-0.39, 0.29) is 11.3 Å². The third kappa shape index (κ3) is 3.09. The zero-order valence-corrected chi connectivity index (χ0v) is 12.2. The van der Waals surface area contributed by atoms with Crippen LogP contribution in [0.15, 0.2) is 29.2 Å². The van der Waals surface area contributed by atoms with Gasteiger partial charge in [-0.25, -0.2) is 8.42 Å². The van der Waals surface area contributed by atoms with Gasteiger partial charge in [-0.3, -0.25) is 0 Å². The molecule has 4 nitrogen and oxygen atoms in total. The number of hydrogen-bond donors (Lipinski definition) is 2. The van der Waals surface area contributed by atoms with E-state index < -0.39 is 9.84 Å². The SMILES string of the molecule is CCCS(=O)(=O)c1ccc(NC2(CN)CCC2)cc1. The van der Waals surface area contributed by atoms with Gasteiger partial charge in [0.2, 0.25) is 0 Å². The molecule has 106 valence electrons. The summed E-state index contributed by atoms with van der Waals surface area (Å²) in [5.41, 5.74) is 6.76. The molecular weight excluding hydrogens is 260 g/mol. The van der Waals surface area contributed by atoms with Crippen molar-refractivity contribution in [2.24, 2.45) is 5.73 Å². The van der Waals surface area contributed by atoms with Crippen molar-refractivity contribution < 1.29 is 8.42 Å². The maximum atomic E-state index is 11.9. The Kier molecular flexibility index (Phi) is 4.16. The molecule has 0 radical (unpaired) electrons. The van der Waals surface area contributed by atoms with Crippen molar-refractivity contribution in [3.8, 4) is 0 Å². The molecule has 0 saturated heterocycles. The first-order valence-electron chi connectivity index (χ1n) is 6.82. The van der Waals surface area contributed by atoms with Gasteiger partial charge < -0.3 is 11.1 Å². The molecule has 0 unspecified atom stereocenters. The predicted molar refractivity (Wildman–Crippen MR) is 78.0 cm³/mol. The first kappa shape index (κ1) is 14.3. The monoisotopic (exact) mass is 282 g/mol. The molecule has 1 aromatic carbocycles. The van der Waals surface area contributed by atoms with Gasteiger partial charge in [0.15, 0.2) is 9.84 Å². The molecule has 0 amide bonds. The van der Waals surface area contributed by atoms with Crippen LogP contribution in [0, 0.1) is 0 Å². The van der Waals surface area contributed by atoms with Gasteiger partial charge in [-0.15, -0.1) is 0 Å². The molecule has 1 aromatic rings. The quantitative estimate of drug-likeness (QED) is 0.838. The summed E-state index contributed by atoms with van der Waals surface area (Å²) >= 11 is 0. The van der Waals surface area contributed by atoms with Crippen molar-refractivity contribution in [3.05, 3.63) is 24.3 Å². The average Bonchev–Trinajstić information content (AvgIpc) is 2.34. The van der Waals surface area contributed by atoms with Gasteiger partial charge in [-0.2, -0.15) is 0 Å². The van der Waals surface area contributed by atoms with Crippen LogP contribution < -0.4 is 11.1 Å². The lowest BCUT2D eigenvalue weighted by molar-refractivity contribution is 0.287. The van der Waals surface area contributed by atoms with E-state index >= 15 is 0 Å². The van der Waals surface area contributed by atoms with E-state index in [2.05, 4.69) is 5.32 Å². The molecule has 0 atom stereocenters. The van der Waals surface area contributed by atoms with Crippen LogP contribution in [-0.4, -0.2) is 26.3 Å². The van der Waals surface area contributed by atoms with Gasteiger partial charge in [0, 0.05) is 17.8 Å². The number of sulfone groups is 1. The van der Waals surface area contributed by atoms with Gasteiger partial charge in [0.25, 0.3) is 0 Å². The molecule has 5 heteroatoms. The predicted octanol–water partition coefficient (Wildman–Crippen LogP) is 2.16. The number of hydrogen-bond acceptors (Lipinski definition) is 4. The Labute approximate surface area is 115 Å². The molecule has 1 fully saturated rings. The van der Waals surface area contributed by atoms with Gasteiger partial charge >= 0.3 is 0 Å². The first-order valence-corrected chi connectivity index (χ1v) is 8.48. The maximum Gasteiger partial charge on any atom is 0.178 e. The molecule has 0 aromatic heterocycles. The van der Waals surface area contributed by atoms with Crippen LogP contribution in [0.5, 0.6) is 0 Å². The van der Waals surface area contributed by atoms with E-state index in [1.54, 1.807) is 12.1 Å². The number of nitrogens with one attached hydrogen (secondary N) is 1. The Morgan fingerprint density at radius 2 is 1.89 bits per heavy atom. The van der Waals surface area contributed by atoms with Crippen LogP contribution in [0.4, 0.5) is 5.69 Å². The molecule has 1 aliphatic rings. The third-order valence-electron chi connectivity index (χ3n) is 3.80. The van der Waals surface area contributed by atoms with E-state index in [1.165, 1.54) is 6.42 Å². The second kappa shape index (κ2) is 5.51. The van der Waals surface area contributed by atoms with Gasteiger partial charge in [-0.05, 0) is 49.9 Å². The number of nitrogens with two attached hydrogens (primary N) is 1.